The van der Waals surface area contributed by atoms with Gasteiger partial charge >= 0.3 is 6.09 Å². The number of carbonyl (C=O) groups is 1. The molecule has 9 nitrogen and oxygen atoms in total. The number of carbonyl (C=O) groups excluding carboxylic acids is 1. The SMILES string of the molecule is CC(C)(C)OC(=O)N1CCN(c2cc(Nc3ccc(F)cc3)nc(S(C)(=O)=O)n2)CC1. The number of piperazine rings is 1. The van der Waals surface area contributed by atoms with Gasteiger partial charge in [-0.25, -0.2) is 27.6 Å². The van der Waals surface area contributed by atoms with Crippen LogP contribution in [-0.4, -0.2) is 67.4 Å². The van der Waals surface area contributed by atoms with Crippen LogP contribution in [0, 0.1) is 5.82 Å². The molecular formula is C20H26FN5O4S. The largest absolute Gasteiger partial charge is 0.444 e. The lowest BCUT2D eigenvalue weighted by Gasteiger charge is -2.36. The number of halogens is 1. The van der Waals surface area contributed by atoms with Crippen LogP contribution in [0.2, 0.25) is 0 Å². The third kappa shape index (κ3) is 6.27. The molecule has 0 radical (unpaired) electrons. The number of aromatic nitrogens is 2. The van der Waals surface area contributed by atoms with Crippen LogP contribution < -0.4 is 10.2 Å². The normalized spacial score (nSPS) is 15.0. The van der Waals surface area contributed by atoms with Crippen molar-refractivity contribution >= 4 is 33.3 Å². The minimum atomic E-state index is -3.66. The van der Waals surface area contributed by atoms with E-state index in [2.05, 4.69) is 15.3 Å². The van der Waals surface area contributed by atoms with Gasteiger partial charge in [-0.2, -0.15) is 0 Å². The summed E-state index contributed by atoms with van der Waals surface area (Å²) in [7, 11) is -3.66. The molecule has 0 unspecified atom stereocenters. The van der Waals surface area contributed by atoms with Crippen molar-refractivity contribution < 1.29 is 22.3 Å². The number of sulfone groups is 1. The Hall–Kier alpha value is -2.95. The summed E-state index contributed by atoms with van der Waals surface area (Å²) in [5.41, 5.74) is -0.0214. The van der Waals surface area contributed by atoms with Crippen molar-refractivity contribution in [3.8, 4) is 0 Å². The summed E-state index contributed by atoms with van der Waals surface area (Å²) >= 11 is 0. The second-order valence-electron chi connectivity index (χ2n) is 8.25. The smallest absolute Gasteiger partial charge is 0.410 e. The maximum atomic E-state index is 13.2. The van der Waals surface area contributed by atoms with Crippen LogP contribution in [0.4, 0.5) is 26.5 Å². The fraction of sp³-hybridized carbons (Fsp3) is 0.450. The van der Waals surface area contributed by atoms with Crippen molar-refractivity contribution in [1.82, 2.24) is 14.9 Å². The first kappa shape index (κ1) is 22.7. The molecule has 168 valence electrons. The number of hydrogen-bond donors (Lipinski definition) is 1. The molecule has 3 rings (SSSR count). The van der Waals surface area contributed by atoms with E-state index < -0.39 is 15.4 Å². The highest BCUT2D eigenvalue weighted by Gasteiger charge is 2.27. The van der Waals surface area contributed by atoms with Crippen LogP contribution in [-0.2, 0) is 14.6 Å². The topological polar surface area (TPSA) is 105 Å². The predicted octanol–water partition coefficient (Wildman–Crippen LogP) is 2.82. The molecule has 0 aliphatic carbocycles. The van der Waals surface area contributed by atoms with Gasteiger partial charge in [0.1, 0.15) is 23.1 Å². The van der Waals surface area contributed by atoms with Gasteiger partial charge in [-0.05, 0) is 45.0 Å². The summed E-state index contributed by atoms with van der Waals surface area (Å²) in [5.74, 6) is 0.309. The summed E-state index contributed by atoms with van der Waals surface area (Å²) in [6.45, 7) is 7.16. The summed E-state index contributed by atoms with van der Waals surface area (Å²) < 4.78 is 42.8. The molecule has 2 aromatic rings. The van der Waals surface area contributed by atoms with E-state index in [9.17, 15) is 17.6 Å². The molecule has 1 aliphatic heterocycles. The van der Waals surface area contributed by atoms with Crippen LogP contribution in [0.1, 0.15) is 20.8 Å². The minimum absolute atomic E-state index is 0.270. The van der Waals surface area contributed by atoms with E-state index in [4.69, 9.17) is 4.74 Å². The number of benzene rings is 1. The van der Waals surface area contributed by atoms with E-state index >= 15 is 0 Å². The van der Waals surface area contributed by atoms with Gasteiger partial charge in [0, 0.05) is 44.2 Å². The molecule has 0 atom stereocenters. The third-order valence-corrected chi connectivity index (χ3v) is 5.24. The molecule has 11 heteroatoms. The van der Waals surface area contributed by atoms with Crippen molar-refractivity contribution in [2.75, 3.05) is 42.7 Å². The van der Waals surface area contributed by atoms with Gasteiger partial charge in [0.05, 0.1) is 0 Å². The Morgan fingerprint density at radius 2 is 1.71 bits per heavy atom. The fourth-order valence-corrected chi connectivity index (χ4v) is 3.45. The standard InChI is InChI=1S/C20H26FN5O4S/c1-20(2,3)30-19(27)26-11-9-25(10-12-26)17-13-16(23-18(24-17)31(4,28)29)22-15-7-5-14(21)6-8-15/h5-8,13H,9-12H2,1-4H3,(H,22,23,24). The molecule has 0 saturated carbocycles. The molecule has 1 saturated heterocycles. The average Bonchev–Trinajstić information content (AvgIpc) is 2.68. The Bertz CT molecular complexity index is 1050. The third-order valence-electron chi connectivity index (χ3n) is 4.40. The Morgan fingerprint density at radius 3 is 2.26 bits per heavy atom. The zero-order valence-electron chi connectivity index (χ0n) is 17.9. The first-order valence-corrected chi connectivity index (χ1v) is 11.6. The highest BCUT2D eigenvalue weighted by atomic mass is 32.2. The molecule has 1 amide bonds. The maximum Gasteiger partial charge on any atom is 0.410 e. The van der Waals surface area contributed by atoms with Crippen LogP contribution in [0.5, 0.6) is 0 Å². The molecule has 1 aromatic heterocycles. The summed E-state index contributed by atoms with van der Waals surface area (Å²) in [5, 5.41) is 2.67. The maximum absolute atomic E-state index is 13.2. The molecule has 2 heterocycles. The van der Waals surface area contributed by atoms with Gasteiger partial charge in [-0.1, -0.05) is 0 Å². The molecule has 0 bridgehead atoms. The molecule has 1 aromatic carbocycles. The van der Waals surface area contributed by atoms with E-state index in [0.29, 0.717) is 37.7 Å². The summed E-state index contributed by atoms with van der Waals surface area (Å²) in [6, 6.07) is 7.25. The van der Waals surface area contributed by atoms with Crippen molar-refractivity contribution in [2.24, 2.45) is 0 Å². The van der Waals surface area contributed by atoms with Crippen LogP contribution in [0.15, 0.2) is 35.5 Å². The minimum Gasteiger partial charge on any atom is -0.444 e. The van der Waals surface area contributed by atoms with Gasteiger partial charge in [0.2, 0.25) is 9.84 Å². The number of rotatable bonds is 4. The number of amides is 1. The van der Waals surface area contributed by atoms with Crippen LogP contribution in [0.25, 0.3) is 0 Å². The highest BCUT2D eigenvalue weighted by molar-refractivity contribution is 7.90. The van der Waals surface area contributed by atoms with Gasteiger partial charge in [-0.3, -0.25) is 0 Å². The second kappa shape index (κ2) is 8.66. The molecular weight excluding hydrogens is 425 g/mol. The Kier molecular flexibility index (Phi) is 6.35. The van der Waals surface area contributed by atoms with E-state index in [1.807, 2.05) is 25.7 Å². The molecule has 31 heavy (non-hydrogen) atoms. The lowest BCUT2D eigenvalue weighted by atomic mass is 10.2. The lowest BCUT2D eigenvalue weighted by Crippen LogP contribution is -2.50. The monoisotopic (exact) mass is 451 g/mol. The molecule has 1 aliphatic rings. The van der Waals surface area contributed by atoms with Crippen molar-refractivity contribution in [1.29, 1.82) is 0 Å². The Labute approximate surface area is 181 Å². The zero-order chi connectivity index (χ0) is 22.8. The van der Waals surface area contributed by atoms with E-state index in [1.165, 1.54) is 24.3 Å². The molecule has 1 fully saturated rings. The first-order chi connectivity index (χ1) is 14.4. The highest BCUT2D eigenvalue weighted by Crippen LogP contribution is 2.23. The number of anilines is 3. The van der Waals surface area contributed by atoms with E-state index in [1.54, 1.807) is 11.0 Å². The van der Waals surface area contributed by atoms with Crippen molar-refractivity contribution in [3.63, 3.8) is 0 Å². The van der Waals surface area contributed by atoms with E-state index in [0.717, 1.165) is 6.26 Å². The number of nitrogens with one attached hydrogen (secondary N) is 1. The van der Waals surface area contributed by atoms with Gasteiger partial charge in [-0.15, -0.1) is 0 Å². The Balaban J connectivity index is 1.79. The van der Waals surface area contributed by atoms with Crippen LogP contribution >= 0.6 is 0 Å². The Morgan fingerprint density at radius 1 is 1.10 bits per heavy atom. The van der Waals surface area contributed by atoms with Gasteiger partial charge < -0.3 is 19.9 Å². The fourth-order valence-electron chi connectivity index (χ4n) is 2.93. The lowest BCUT2D eigenvalue weighted by molar-refractivity contribution is 0.0240. The zero-order valence-corrected chi connectivity index (χ0v) is 18.7. The average molecular weight is 452 g/mol. The van der Waals surface area contributed by atoms with Crippen LogP contribution in [0.3, 0.4) is 0 Å². The summed E-state index contributed by atoms with van der Waals surface area (Å²) in [4.78, 5) is 24.0. The molecule has 1 N–H and O–H groups in total. The molecule has 0 spiro atoms. The quantitative estimate of drug-likeness (QED) is 0.708. The van der Waals surface area contributed by atoms with Gasteiger partial charge in [0.25, 0.3) is 5.16 Å². The predicted molar refractivity (Wildman–Crippen MR) is 115 cm³/mol. The number of hydrogen-bond acceptors (Lipinski definition) is 8. The van der Waals surface area contributed by atoms with Crippen molar-refractivity contribution in [2.45, 2.75) is 31.5 Å². The number of ether oxygens (including phenoxy) is 1. The summed E-state index contributed by atoms with van der Waals surface area (Å²) in [6.07, 6.45) is 0.652. The van der Waals surface area contributed by atoms with Gasteiger partial charge in [0.15, 0.2) is 0 Å². The number of nitrogens with zero attached hydrogens (tertiary/aromatic N) is 4. The first-order valence-electron chi connectivity index (χ1n) is 9.75. The second-order valence-corrected chi connectivity index (χ2v) is 10.2. The van der Waals surface area contributed by atoms with Crippen molar-refractivity contribution in [3.05, 3.63) is 36.1 Å². The van der Waals surface area contributed by atoms with E-state index in [-0.39, 0.29) is 22.9 Å².